The van der Waals surface area contributed by atoms with E-state index in [0.29, 0.717) is 31.6 Å². The summed E-state index contributed by atoms with van der Waals surface area (Å²) in [6.07, 6.45) is 48.6. The summed E-state index contributed by atoms with van der Waals surface area (Å²) in [7, 11) is -9.91. The fourth-order valence-electron chi connectivity index (χ4n) is 11.4. The molecule has 0 aromatic rings. The van der Waals surface area contributed by atoms with Crippen LogP contribution in [0.25, 0.3) is 0 Å². The van der Waals surface area contributed by atoms with Crippen molar-refractivity contribution in [2.45, 2.75) is 395 Å². The van der Waals surface area contributed by atoms with Crippen LogP contribution in [0.4, 0.5) is 0 Å². The minimum absolute atomic E-state index is 0.105. The second kappa shape index (κ2) is 64.4. The molecule has 0 saturated heterocycles. The summed E-state index contributed by atoms with van der Waals surface area (Å²) in [5, 5.41) is 10.6. The van der Waals surface area contributed by atoms with Gasteiger partial charge in [-0.2, -0.15) is 0 Å². The highest BCUT2D eigenvalue weighted by atomic mass is 31.2. The molecule has 0 aromatic heterocycles. The van der Waals surface area contributed by atoms with Crippen molar-refractivity contribution < 1.29 is 80.2 Å². The van der Waals surface area contributed by atoms with Gasteiger partial charge in [0.2, 0.25) is 0 Å². The van der Waals surface area contributed by atoms with Gasteiger partial charge in [0.1, 0.15) is 19.3 Å². The zero-order valence-corrected chi connectivity index (χ0v) is 63.4. The number of ether oxygens (including phenoxy) is 4. The summed E-state index contributed by atoms with van der Waals surface area (Å²) in [5.74, 6) is 0.892. The number of aliphatic hydroxyl groups excluding tert-OH is 1. The van der Waals surface area contributed by atoms with Gasteiger partial charge in [-0.05, 0) is 49.4 Å². The molecule has 0 rings (SSSR count). The Kier molecular flexibility index (Phi) is 63.1. The maximum absolute atomic E-state index is 13.1. The number of hydrogen-bond acceptors (Lipinski definition) is 15. The molecule has 5 atom stereocenters. The molecule has 94 heavy (non-hydrogen) atoms. The second-order valence-corrected chi connectivity index (χ2v) is 31.9. The van der Waals surface area contributed by atoms with Crippen LogP contribution in [-0.4, -0.2) is 96.7 Å². The number of hydrogen-bond donors (Lipinski definition) is 3. The van der Waals surface area contributed by atoms with Crippen molar-refractivity contribution >= 4 is 39.5 Å². The minimum atomic E-state index is -4.96. The van der Waals surface area contributed by atoms with E-state index in [0.717, 1.165) is 114 Å². The quantitative estimate of drug-likeness (QED) is 0.0222. The smallest absolute Gasteiger partial charge is 0.462 e. The zero-order valence-electron chi connectivity index (χ0n) is 61.6. The van der Waals surface area contributed by atoms with Crippen molar-refractivity contribution in [2.75, 3.05) is 39.6 Å². The molecule has 0 heterocycles. The van der Waals surface area contributed by atoms with Crippen molar-refractivity contribution in [2.24, 2.45) is 23.7 Å². The maximum atomic E-state index is 13.1. The van der Waals surface area contributed by atoms with Gasteiger partial charge < -0.3 is 33.8 Å². The van der Waals surface area contributed by atoms with Gasteiger partial charge >= 0.3 is 39.5 Å². The third-order valence-corrected chi connectivity index (χ3v) is 19.2. The van der Waals surface area contributed by atoms with Gasteiger partial charge in [0.05, 0.1) is 26.4 Å². The van der Waals surface area contributed by atoms with Crippen molar-refractivity contribution in [3.8, 4) is 0 Å². The number of carbonyl (C=O) groups is 4. The van der Waals surface area contributed by atoms with E-state index in [2.05, 4.69) is 55.4 Å². The fourth-order valence-corrected chi connectivity index (χ4v) is 13.0. The number of rotatable bonds is 72. The van der Waals surface area contributed by atoms with E-state index < -0.39 is 97.5 Å². The Balaban J connectivity index is 5.25. The van der Waals surface area contributed by atoms with Gasteiger partial charge in [0.25, 0.3) is 0 Å². The van der Waals surface area contributed by atoms with Crippen LogP contribution in [0.15, 0.2) is 0 Å². The van der Waals surface area contributed by atoms with Gasteiger partial charge in [-0.25, -0.2) is 9.13 Å². The molecule has 17 nitrogen and oxygen atoms in total. The Morgan fingerprint density at radius 3 is 0.660 bits per heavy atom. The molecular formula is C75H146O17P2. The highest BCUT2D eigenvalue weighted by Gasteiger charge is 2.30. The van der Waals surface area contributed by atoms with E-state index in [1.807, 2.05) is 0 Å². The molecule has 0 spiro atoms. The predicted octanol–water partition coefficient (Wildman–Crippen LogP) is 21.7. The Bertz CT molecular complexity index is 1850. The van der Waals surface area contributed by atoms with E-state index in [-0.39, 0.29) is 25.7 Å². The topological polar surface area (TPSA) is 237 Å². The summed E-state index contributed by atoms with van der Waals surface area (Å²) in [6, 6.07) is 0. The summed E-state index contributed by atoms with van der Waals surface area (Å²) in [4.78, 5) is 72.8. The van der Waals surface area contributed by atoms with Gasteiger partial charge in [-0.1, -0.05) is 325 Å². The van der Waals surface area contributed by atoms with Crippen LogP contribution in [0.5, 0.6) is 0 Å². The summed E-state index contributed by atoms with van der Waals surface area (Å²) >= 11 is 0. The average Bonchev–Trinajstić information content (AvgIpc) is 2.16. The lowest BCUT2D eigenvalue weighted by molar-refractivity contribution is -0.161. The van der Waals surface area contributed by atoms with Crippen LogP contribution in [0, 0.1) is 23.7 Å². The van der Waals surface area contributed by atoms with Crippen LogP contribution < -0.4 is 0 Å². The van der Waals surface area contributed by atoms with Crippen molar-refractivity contribution in [3.63, 3.8) is 0 Å². The molecule has 0 aliphatic rings. The number of esters is 4. The zero-order chi connectivity index (χ0) is 69.6. The number of aliphatic hydroxyl groups is 1. The van der Waals surface area contributed by atoms with E-state index in [1.165, 1.54) is 173 Å². The van der Waals surface area contributed by atoms with Gasteiger partial charge in [-0.3, -0.25) is 37.3 Å². The van der Waals surface area contributed by atoms with Gasteiger partial charge in [-0.15, -0.1) is 0 Å². The third-order valence-electron chi connectivity index (χ3n) is 17.3. The first-order valence-electron chi connectivity index (χ1n) is 38.7. The second-order valence-electron chi connectivity index (χ2n) is 28.9. The Morgan fingerprint density at radius 2 is 0.447 bits per heavy atom. The van der Waals surface area contributed by atoms with Gasteiger partial charge in [0, 0.05) is 25.7 Å². The summed E-state index contributed by atoms with van der Waals surface area (Å²) in [6.45, 7) is 14.1. The predicted molar refractivity (Wildman–Crippen MR) is 381 cm³/mol. The molecular weight excluding hydrogens is 1230 g/mol. The molecule has 2 unspecified atom stereocenters. The van der Waals surface area contributed by atoms with Crippen molar-refractivity contribution in [3.05, 3.63) is 0 Å². The Labute approximate surface area is 575 Å². The lowest BCUT2D eigenvalue weighted by atomic mass is 10.0. The van der Waals surface area contributed by atoms with Crippen molar-refractivity contribution in [1.82, 2.24) is 0 Å². The molecule has 0 radical (unpaired) electrons. The summed E-state index contributed by atoms with van der Waals surface area (Å²) < 4.78 is 68.5. The van der Waals surface area contributed by atoms with Gasteiger partial charge in [0.15, 0.2) is 12.2 Å². The standard InChI is InChI=1S/C75H146O17P2/c1-65(2)51-43-35-27-21-15-9-12-18-24-30-39-47-55-72(77)85-61-70(91-74(79)57-49-41-31-25-19-13-10-16-22-28-36-44-52-66(3)4)63-89-93(81,82)87-59-69(76)60-88-94(83,84)90-64-71(62-86-73(78)56-48-40-34-33-38-46-54-68(7)8)92-75(80)58-50-42-32-26-20-14-11-17-23-29-37-45-53-67(5)6/h65-71,76H,9-64H2,1-8H3,(H,81,82)(H,83,84)/t69-,70-,71-/m1/s1. The lowest BCUT2D eigenvalue weighted by Gasteiger charge is -2.21. The third kappa shape index (κ3) is 68.6. The number of phosphoric ester groups is 2. The normalized spacial score (nSPS) is 14.2. The van der Waals surface area contributed by atoms with Crippen LogP contribution in [0.3, 0.4) is 0 Å². The Hall–Kier alpha value is -1.94. The van der Waals surface area contributed by atoms with Crippen LogP contribution >= 0.6 is 15.6 Å². The first-order chi connectivity index (χ1) is 45.1. The van der Waals surface area contributed by atoms with E-state index in [9.17, 15) is 43.2 Å². The average molecular weight is 1380 g/mol. The first-order valence-corrected chi connectivity index (χ1v) is 41.7. The SMILES string of the molecule is CC(C)CCCCCCCCCCCCCCC(=O)OC[C@H](COP(=O)(O)OC[C@@H](O)COP(=O)(O)OC[C@@H](COC(=O)CCCCCCCCC(C)C)OC(=O)CCCCCCCCCCCCCCC(C)C)OC(=O)CCCCCCCCCCCCCCC(C)C. The van der Waals surface area contributed by atoms with Crippen LogP contribution in [-0.2, 0) is 65.4 Å². The molecule has 19 heteroatoms. The molecule has 0 saturated carbocycles. The molecule has 0 aliphatic heterocycles. The summed E-state index contributed by atoms with van der Waals surface area (Å²) in [5.41, 5.74) is 0. The van der Waals surface area contributed by atoms with E-state index in [4.69, 9.17) is 37.0 Å². The monoisotopic (exact) mass is 1380 g/mol. The number of carbonyl (C=O) groups excluding carboxylic acids is 4. The van der Waals surface area contributed by atoms with Crippen molar-refractivity contribution in [1.29, 1.82) is 0 Å². The maximum Gasteiger partial charge on any atom is 0.472 e. The number of phosphoric acid groups is 2. The molecule has 0 aliphatic carbocycles. The highest BCUT2D eigenvalue weighted by Crippen LogP contribution is 2.45. The molecule has 0 aromatic carbocycles. The lowest BCUT2D eigenvalue weighted by Crippen LogP contribution is -2.30. The van der Waals surface area contributed by atoms with Crippen LogP contribution in [0.2, 0.25) is 0 Å². The Morgan fingerprint density at radius 1 is 0.266 bits per heavy atom. The van der Waals surface area contributed by atoms with Crippen LogP contribution in [0.1, 0.15) is 376 Å². The van der Waals surface area contributed by atoms with E-state index in [1.54, 1.807) is 0 Å². The first kappa shape index (κ1) is 92.1. The number of unbranched alkanes of at least 4 members (excludes halogenated alkanes) is 38. The minimum Gasteiger partial charge on any atom is -0.462 e. The molecule has 0 bridgehead atoms. The molecule has 558 valence electrons. The molecule has 0 fully saturated rings. The molecule has 0 amide bonds. The molecule has 3 N–H and O–H groups in total. The highest BCUT2D eigenvalue weighted by molar-refractivity contribution is 7.47. The largest absolute Gasteiger partial charge is 0.472 e. The van der Waals surface area contributed by atoms with E-state index >= 15 is 0 Å². The fraction of sp³-hybridized carbons (Fsp3) is 0.947.